The van der Waals surface area contributed by atoms with Crippen molar-refractivity contribution in [3.05, 3.63) is 28.2 Å². The highest BCUT2D eigenvalue weighted by Gasteiger charge is 2.01. The Morgan fingerprint density at radius 2 is 2.27 bits per heavy atom. The van der Waals surface area contributed by atoms with Crippen LogP contribution in [0.4, 0.5) is 0 Å². The molecule has 0 aliphatic carbocycles. The highest BCUT2D eigenvalue weighted by Crippen LogP contribution is 2.28. The maximum absolute atomic E-state index is 5.56. The average Bonchev–Trinajstić information content (AvgIpc) is 2.26. The van der Waals surface area contributed by atoms with Gasteiger partial charge in [0.1, 0.15) is 0 Å². The van der Waals surface area contributed by atoms with Gasteiger partial charge in [0.05, 0.1) is 0 Å². The molecule has 0 saturated carbocycles. The Morgan fingerprint density at radius 1 is 1.47 bits per heavy atom. The molecule has 0 unspecified atom stereocenters. The quantitative estimate of drug-likeness (QED) is 0.646. The second-order valence-corrected chi connectivity index (χ2v) is 5.15. The third kappa shape index (κ3) is 4.55. The lowest BCUT2D eigenvalue weighted by atomic mass is 10.2. The third-order valence-electron chi connectivity index (χ3n) is 1.98. The number of hydrogen-bond acceptors (Lipinski definition) is 3. The average molecular weight is 290 g/mol. The van der Waals surface area contributed by atoms with E-state index in [0.29, 0.717) is 6.54 Å². The molecule has 0 aliphatic heterocycles. The molecular weight excluding hydrogens is 274 g/mol. The number of ether oxygens (including phenoxy) is 1. The Kier molecular flexibility index (Phi) is 6.32. The van der Waals surface area contributed by atoms with E-state index in [2.05, 4.69) is 34.1 Å². The Balaban J connectivity index is 2.47. The van der Waals surface area contributed by atoms with E-state index in [-0.39, 0.29) is 0 Å². The smallest absolute Gasteiger partial charge is 0.0470 e. The molecule has 0 saturated heterocycles. The Bertz CT molecular complexity index is 307. The van der Waals surface area contributed by atoms with Crippen molar-refractivity contribution in [1.82, 2.24) is 0 Å². The standard InChI is InChI=1S/C11H16BrNOS/c1-14-5-2-6-15-11-4-3-9(8-13)7-10(11)12/h3-4,7H,2,5-6,8,13H2,1H3. The topological polar surface area (TPSA) is 35.2 Å². The minimum absolute atomic E-state index is 0.590. The van der Waals surface area contributed by atoms with Crippen molar-refractivity contribution >= 4 is 27.7 Å². The predicted molar refractivity (Wildman–Crippen MR) is 69.3 cm³/mol. The Hall–Kier alpha value is -0.0300. The van der Waals surface area contributed by atoms with Gasteiger partial charge < -0.3 is 10.5 Å². The molecule has 0 bridgehead atoms. The minimum atomic E-state index is 0.590. The van der Waals surface area contributed by atoms with E-state index in [1.54, 1.807) is 7.11 Å². The number of rotatable bonds is 6. The number of thioether (sulfide) groups is 1. The van der Waals surface area contributed by atoms with Crippen LogP contribution in [0.15, 0.2) is 27.6 Å². The summed E-state index contributed by atoms with van der Waals surface area (Å²) in [6, 6.07) is 6.27. The molecule has 1 aromatic rings. The van der Waals surface area contributed by atoms with Crippen molar-refractivity contribution in [2.75, 3.05) is 19.5 Å². The van der Waals surface area contributed by atoms with Crippen LogP contribution in [0.2, 0.25) is 0 Å². The molecule has 0 fully saturated rings. The molecule has 0 amide bonds. The lowest BCUT2D eigenvalue weighted by Gasteiger charge is -2.05. The van der Waals surface area contributed by atoms with Crippen LogP contribution in [0.1, 0.15) is 12.0 Å². The fourth-order valence-corrected chi connectivity index (χ4v) is 2.79. The molecule has 1 aromatic carbocycles. The highest BCUT2D eigenvalue weighted by molar-refractivity contribution is 9.10. The number of nitrogens with two attached hydrogens (primary N) is 1. The minimum Gasteiger partial charge on any atom is -0.385 e. The Labute approximate surface area is 104 Å². The van der Waals surface area contributed by atoms with Crippen LogP contribution in [0.3, 0.4) is 0 Å². The molecule has 4 heteroatoms. The van der Waals surface area contributed by atoms with Crippen molar-refractivity contribution in [2.45, 2.75) is 17.9 Å². The van der Waals surface area contributed by atoms with Crippen LogP contribution >= 0.6 is 27.7 Å². The zero-order valence-electron chi connectivity index (χ0n) is 8.83. The molecule has 0 spiro atoms. The van der Waals surface area contributed by atoms with E-state index < -0.39 is 0 Å². The van der Waals surface area contributed by atoms with Gasteiger partial charge in [0.25, 0.3) is 0 Å². The fraction of sp³-hybridized carbons (Fsp3) is 0.455. The molecule has 15 heavy (non-hydrogen) atoms. The van der Waals surface area contributed by atoms with Gasteiger partial charge in [0.15, 0.2) is 0 Å². The SMILES string of the molecule is COCCCSc1ccc(CN)cc1Br. The summed E-state index contributed by atoms with van der Waals surface area (Å²) >= 11 is 5.39. The molecule has 0 aromatic heterocycles. The maximum Gasteiger partial charge on any atom is 0.0470 e. The highest BCUT2D eigenvalue weighted by atomic mass is 79.9. The summed E-state index contributed by atoms with van der Waals surface area (Å²) < 4.78 is 6.14. The van der Waals surface area contributed by atoms with Crippen LogP contribution in [0, 0.1) is 0 Å². The molecule has 1 rings (SSSR count). The van der Waals surface area contributed by atoms with Gasteiger partial charge in [0, 0.05) is 35.4 Å². The van der Waals surface area contributed by atoms with E-state index in [1.165, 1.54) is 4.90 Å². The molecule has 0 radical (unpaired) electrons. The van der Waals surface area contributed by atoms with Crippen LogP contribution in [0.5, 0.6) is 0 Å². The van der Waals surface area contributed by atoms with Crippen LogP contribution < -0.4 is 5.73 Å². The van der Waals surface area contributed by atoms with Gasteiger partial charge in [-0.1, -0.05) is 6.07 Å². The summed E-state index contributed by atoms with van der Waals surface area (Å²) in [4.78, 5) is 1.27. The van der Waals surface area contributed by atoms with Gasteiger partial charge in [0.2, 0.25) is 0 Å². The van der Waals surface area contributed by atoms with E-state index in [1.807, 2.05) is 11.8 Å². The van der Waals surface area contributed by atoms with Gasteiger partial charge in [-0.15, -0.1) is 11.8 Å². The zero-order valence-corrected chi connectivity index (χ0v) is 11.2. The maximum atomic E-state index is 5.56. The second kappa shape index (κ2) is 7.28. The summed E-state index contributed by atoms with van der Waals surface area (Å²) in [6.45, 7) is 1.42. The lowest BCUT2D eigenvalue weighted by molar-refractivity contribution is 0.200. The fourth-order valence-electron chi connectivity index (χ4n) is 1.17. The number of halogens is 1. The monoisotopic (exact) mass is 289 g/mol. The third-order valence-corrected chi connectivity index (χ3v) is 4.06. The second-order valence-electron chi connectivity index (χ2n) is 3.16. The summed E-state index contributed by atoms with van der Waals surface area (Å²) in [5.41, 5.74) is 6.72. The van der Waals surface area contributed by atoms with Crippen molar-refractivity contribution < 1.29 is 4.74 Å². The molecule has 84 valence electrons. The molecule has 0 aliphatic rings. The van der Waals surface area contributed by atoms with Crippen molar-refractivity contribution in [2.24, 2.45) is 5.73 Å². The van der Waals surface area contributed by atoms with Crippen molar-refractivity contribution in [3.8, 4) is 0 Å². The summed E-state index contributed by atoms with van der Waals surface area (Å²) in [5.74, 6) is 1.08. The van der Waals surface area contributed by atoms with Crippen LogP contribution in [-0.4, -0.2) is 19.5 Å². The normalized spacial score (nSPS) is 10.6. The van der Waals surface area contributed by atoms with Gasteiger partial charge >= 0.3 is 0 Å². The van der Waals surface area contributed by atoms with Crippen LogP contribution in [0.25, 0.3) is 0 Å². The lowest BCUT2D eigenvalue weighted by Crippen LogP contribution is -1.96. The Morgan fingerprint density at radius 3 is 2.87 bits per heavy atom. The number of hydrogen-bond donors (Lipinski definition) is 1. The summed E-state index contributed by atoms with van der Waals surface area (Å²) in [5, 5.41) is 0. The first-order valence-corrected chi connectivity index (χ1v) is 6.66. The molecule has 0 heterocycles. The van der Waals surface area contributed by atoms with E-state index in [0.717, 1.165) is 28.8 Å². The summed E-state index contributed by atoms with van der Waals surface area (Å²) in [6.07, 6.45) is 1.08. The van der Waals surface area contributed by atoms with Crippen molar-refractivity contribution in [1.29, 1.82) is 0 Å². The van der Waals surface area contributed by atoms with Crippen LogP contribution in [-0.2, 0) is 11.3 Å². The van der Waals surface area contributed by atoms with E-state index in [9.17, 15) is 0 Å². The predicted octanol–water partition coefficient (Wildman–Crippen LogP) is 3.04. The number of methoxy groups -OCH3 is 1. The van der Waals surface area contributed by atoms with E-state index in [4.69, 9.17) is 10.5 Å². The van der Waals surface area contributed by atoms with Gasteiger partial charge in [-0.3, -0.25) is 0 Å². The first-order chi connectivity index (χ1) is 7.27. The first-order valence-electron chi connectivity index (χ1n) is 4.88. The van der Waals surface area contributed by atoms with Gasteiger partial charge in [-0.05, 0) is 40.0 Å². The molecule has 2 nitrogen and oxygen atoms in total. The molecule has 2 N–H and O–H groups in total. The van der Waals surface area contributed by atoms with E-state index >= 15 is 0 Å². The zero-order chi connectivity index (χ0) is 11.1. The largest absolute Gasteiger partial charge is 0.385 e. The van der Waals surface area contributed by atoms with Gasteiger partial charge in [-0.2, -0.15) is 0 Å². The molecule has 0 atom stereocenters. The first kappa shape index (κ1) is 13.0. The molecular formula is C11H16BrNOS. The summed E-state index contributed by atoms with van der Waals surface area (Å²) in [7, 11) is 1.73. The number of benzene rings is 1. The van der Waals surface area contributed by atoms with Crippen molar-refractivity contribution in [3.63, 3.8) is 0 Å². The van der Waals surface area contributed by atoms with Gasteiger partial charge in [-0.25, -0.2) is 0 Å².